The quantitative estimate of drug-likeness (QED) is 0.919. The highest BCUT2D eigenvalue weighted by Gasteiger charge is 2.38. The van der Waals surface area contributed by atoms with Crippen molar-refractivity contribution in [2.45, 2.75) is 31.7 Å². The topological polar surface area (TPSA) is 69.3 Å². The number of imidazole rings is 1. The van der Waals surface area contributed by atoms with Crippen molar-refractivity contribution >= 4 is 22.8 Å². The SMILES string of the molecule is CN1C[C@@H](C(=O)N2CCCC[C@H]2c2nc3ccccc3[nH]2)CC1=O. The van der Waals surface area contributed by atoms with E-state index in [4.69, 9.17) is 4.98 Å². The minimum absolute atomic E-state index is 0.0142. The Morgan fingerprint density at radius 2 is 2.12 bits per heavy atom. The van der Waals surface area contributed by atoms with Gasteiger partial charge >= 0.3 is 0 Å². The van der Waals surface area contributed by atoms with E-state index < -0.39 is 0 Å². The van der Waals surface area contributed by atoms with Gasteiger partial charge in [0.05, 0.1) is 23.0 Å². The first kappa shape index (κ1) is 15.2. The van der Waals surface area contributed by atoms with E-state index in [2.05, 4.69) is 4.98 Å². The molecule has 126 valence electrons. The fraction of sp³-hybridized carbons (Fsp3) is 0.500. The number of para-hydroxylation sites is 2. The lowest BCUT2D eigenvalue weighted by atomic mass is 9.98. The van der Waals surface area contributed by atoms with Crippen LogP contribution in [0, 0.1) is 5.92 Å². The lowest BCUT2D eigenvalue weighted by molar-refractivity contribution is -0.139. The third-order valence-electron chi connectivity index (χ3n) is 5.20. The molecule has 0 aliphatic carbocycles. The molecule has 1 aromatic carbocycles. The number of fused-ring (bicyclic) bond motifs is 1. The van der Waals surface area contributed by atoms with E-state index in [1.165, 1.54) is 0 Å². The van der Waals surface area contributed by atoms with Crippen molar-refractivity contribution in [1.82, 2.24) is 19.8 Å². The predicted molar refractivity (Wildman–Crippen MR) is 90.1 cm³/mol. The number of nitrogens with zero attached hydrogens (tertiary/aromatic N) is 3. The van der Waals surface area contributed by atoms with Gasteiger partial charge in [-0.2, -0.15) is 0 Å². The summed E-state index contributed by atoms with van der Waals surface area (Å²) in [5.41, 5.74) is 1.93. The minimum atomic E-state index is -0.215. The van der Waals surface area contributed by atoms with Gasteiger partial charge in [0, 0.05) is 26.6 Å². The molecular formula is C18H22N4O2. The molecule has 2 amide bonds. The number of benzene rings is 1. The molecule has 1 aromatic heterocycles. The van der Waals surface area contributed by atoms with E-state index in [1.807, 2.05) is 29.2 Å². The Balaban J connectivity index is 1.61. The van der Waals surface area contributed by atoms with Crippen LogP contribution in [0.25, 0.3) is 11.0 Å². The summed E-state index contributed by atoms with van der Waals surface area (Å²) in [6.45, 7) is 1.27. The fourth-order valence-electron chi connectivity index (χ4n) is 3.87. The van der Waals surface area contributed by atoms with Crippen LogP contribution in [-0.4, -0.2) is 51.7 Å². The van der Waals surface area contributed by atoms with Crippen LogP contribution >= 0.6 is 0 Å². The van der Waals surface area contributed by atoms with Crippen LogP contribution in [0.3, 0.4) is 0 Å². The molecule has 2 saturated heterocycles. The summed E-state index contributed by atoms with van der Waals surface area (Å²) < 4.78 is 0. The van der Waals surface area contributed by atoms with E-state index >= 15 is 0 Å². The zero-order valence-corrected chi connectivity index (χ0v) is 13.9. The number of hydrogen-bond donors (Lipinski definition) is 1. The van der Waals surface area contributed by atoms with Gasteiger partial charge in [0.2, 0.25) is 11.8 Å². The maximum absolute atomic E-state index is 13.0. The molecule has 2 aromatic rings. The van der Waals surface area contributed by atoms with Crippen molar-refractivity contribution in [3.05, 3.63) is 30.1 Å². The van der Waals surface area contributed by atoms with Gasteiger partial charge in [0.25, 0.3) is 0 Å². The Kier molecular flexibility index (Phi) is 3.75. The molecule has 24 heavy (non-hydrogen) atoms. The van der Waals surface area contributed by atoms with Crippen molar-refractivity contribution in [1.29, 1.82) is 0 Å². The molecule has 0 saturated carbocycles. The Morgan fingerprint density at radius 3 is 2.88 bits per heavy atom. The predicted octanol–water partition coefficient (Wildman–Crippen LogP) is 2.09. The van der Waals surface area contributed by atoms with E-state index in [9.17, 15) is 9.59 Å². The Bertz CT molecular complexity index is 751. The number of likely N-dealkylation sites (tertiary alicyclic amines) is 2. The Morgan fingerprint density at radius 1 is 1.29 bits per heavy atom. The highest BCUT2D eigenvalue weighted by Crippen LogP contribution is 2.33. The van der Waals surface area contributed by atoms with E-state index in [1.54, 1.807) is 11.9 Å². The van der Waals surface area contributed by atoms with Crippen LogP contribution in [0.5, 0.6) is 0 Å². The first-order valence-electron chi connectivity index (χ1n) is 8.62. The average Bonchev–Trinajstić information content (AvgIpc) is 3.18. The number of carbonyl (C=O) groups excluding carboxylic acids is 2. The third kappa shape index (κ3) is 2.56. The van der Waals surface area contributed by atoms with Crippen molar-refractivity contribution in [3.63, 3.8) is 0 Å². The molecule has 1 N–H and O–H groups in total. The zero-order valence-electron chi connectivity index (χ0n) is 13.9. The monoisotopic (exact) mass is 326 g/mol. The number of rotatable bonds is 2. The molecule has 2 atom stereocenters. The summed E-state index contributed by atoms with van der Waals surface area (Å²) in [5.74, 6) is 0.804. The lowest BCUT2D eigenvalue weighted by Crippen LogP contribution is -2.42. The standard InChI is InChI=1S/C18H22N4O2/c1-21-11-12(10-16(21)23)18(24)22-9-5-4-8-15(22)17-19-13-6-2-3-7-14(13)20-17/h2-3,6-7,12,15H,4-5,8-11H2,1H3,(H,19,20)/t12-,15-/m0/s1. The molecule has 0 bridgehead atoms. The van der Waals surface area contributed by atoms with Crippen molar-refractivity contribution in [3.8, 4) is 0 Å². The summed E-state index contributed by atoms with van der Waals surface area (Å²) in [4.78, 5) is 36.4. The summed E-state index contributed by atoms with van der Waals surface area (Å²) in [5, 5.41) is 0. The van der Waals surface area contributed by atoms with Crippen molar-refractivity contribution < 1.29 is 9.59 Å². The van der Waals surface area contributed by atoms with E-state index in [0.717, 1.165) is 42.7 Å². The number of H-pyrrole nitrogens is 1. The van der Waals surface area contributed by atoms with Crippen LogP contribution < -0.4 is 0 Å². The summed E-state index contributed by atoms with van der Waals surface area (Å²) >= 11 is 0. The average molecular weight is 326 g/mol. The number of piperidine rings is 1. The molecule has 6 heteroatoms. The summed E-state index contributed by atoms with van der Waals surface area (Å²) in [6.07, 6.45) is 3.36. The number of nitrogens with one attached hydrogen (secondary N) is 1. The van der Waals surface area contributed by atoms with Gasteiger partial charge in [-0.25, -0.2) is 4.98 Å². The number of hydrogen-bond acceptors (Lipinski definition) is 3. The van der Waals surface area contributed by atoms with E-state index in [0.29, 0.717) is 13.0 Å². The van der Waals surface area contributed by atoms with E-state index in [-0.39, 0.29) is 23.8 Å². The summed E-state index contributed by atoms with van der Waals surface area (Å²) in [7, 11) is 1.77. The summed E-state index contributed by atoms with van der Waals surface area (Å²) in [6, 6.07) is 7.92. The van der Waals surface area contributed by atoms with Gasteiger partial charge in [0.15, 0.2) is 0 Å². The second kappa shape index (κ2) is 5.92. The maximum Gasteiger partial charge on any atom is 0.228 e. The Hall–Kier alpha value is -2.37. The van der Waals surface area contributed by atoms with Crippen LogP contribution in [0.4, 0.5) is 0 Å². The van der Waals surface area contributed by atoms with Crippen LogP contribution in [0.2, 0.25) is 0 Å². The second-order valence-electron chi connectivity index (χ2n) is 6.86. The minimum Gasteiger partial charge on any atom is -0.345 e. The molecule has 6 nitrogen and oxygen atoms in total. The zero-order chi connectivity index (χ0) is 16.7. The lowest BCUT2D eigenvalue weighted by Gasteiger charge is -2.36. The van der Waals surface area contributed by atoms with Gasteiger partial charge in [-0.15, -0.1) is 0 Å². The normalized spacial score (nSPS) is 24.8. The molecule has 2 aliphatic heterocycles. The van der Waals surface area contributed by atoms with Crippen LogP contribution in [0.1, 0.15) is 37.5 Å². The van der Waals surface area contributed by atoms with Gasteiger partial charge in [0.1, 0.15) is 5.82 Å². The van der Waals surface area contributed by atoms with Crippen molar-refractivity contribution in [2.24, 2.45) is 5.92 Å². The largest absolute Gasteiger partial charge is 0.345 e. The number of aromatic nitrogens is 2. The van der Waals surface area contributed by atoms with Gasteiger partial charge in [-0.1, -0.05) is 12.1 Å². The smallest absolute Gasteiger partial charge is 0.228 e. The molecule has 2 aliphatic rings. The number of amides is 2. The third-order valence-corrected chi connectivity index (χ3v) is 5.20. The first-order chi connectivity index (χ1) is 11.6. The Labute approximate surface area is 140 Å². The molecule has 4 rings (SSSR count). The highest BCUT2D eigenvalue weighted by molar-refractivity contribution is 5.89. The number of aromatic amines is 1. The van der Waals surface area contributed by atoms with Crippen LogP contribution in [-0.2, 0) is 9.59 Å². The molecule has 0 radical (unpaired) electrons. The molecule has 2 fully saturated rings. The first-order valence-corrected chi connectivity index (χ1v) is 8.62. The fourth-order valence-corrected chi connectivity index (χ4v) is 3.87. The molecule has 0 unspecified atom stereocenters. The molecular weight excluding hydrogens is 304 g/mol. The van der Waals surface area contributed by atoms with Gasteiger partial charge in [-0.3, -0.25) is 9.59 Å². The molecule has 0 spiro atoms. The highest BCUT2D eigenvalue weighted by atomic mass is 16.2. The van der Waals surface area contributed by atoms with Gasteiger partial charge < -0.3 is 14.8 Å². The van der Waals surface area contributed by atoms with Gasteiger partial charge in [-0.05, 0) is 31.4 Å². The van der Waals surface area contributed by atoms with Crippen LogP contribution in [0.15, 0.2) is 24.3 Å². The van der Waals surface area contributed by atoms with Crippen molar-refractivity contribution in [2.75, 3.05) is 20.1 Å². The number of carbonyl (C=O) groups is 2. The second-order valence-corrected chi connectivity index (χ2v) is 6.86. The molecule has 3 heterocycles. The maximum atomic E-state index is 13.0.